The molecule has 3 N–H and O–H groups in total. The third-order valence-corrected chi connectivity index (χ3v) is 3.91. The van der Waals surface area contributed by atoms with Gasteiger partial charge in [-0.3, -0.25) is 0 Å². The first-order valence-corrected chi connectivity index (χ1v) is 7.42. The second-order valence-corrected chi connectivity index (χ2v) is 5.50. The Hall–Kier alpha value is -1.73. The van der Waals surface area contributed by atoms with E-state index in [4.69, 9.17) is 15.0 Å². The van der Waals surface area contributed by atoms with E-state index in [2.05, 4.69) is 20.4 Å². The number of anilines is 1. The molecule has 0 bridgehead atoms. The predicted octanol–water partition coefficient (Wildman–Crippen LogP) is 1.62. The highest BCUT2D eigenvalue weighted by Gasteiger charge is 2.18. The van der Waals surface area contributed by atoms with Crippen LogP contribution in [0.15, 0.2) is 10.9 Å². The highest BCUT2D eigenvalue weighted by Crippen LogP contribution is 2.22. The van der Waals surface area contributed by atoms with Crippen molar-refractivity contribution >= 4 is 16.9 Å². The quantitative estimate of drug-likeness (QED) is 0.807. The van der Waals surface area contributed by atoms with Crippen LogP contribution in [0, 0.1) is 6.92 Å². The molecule has 0 amide bonds. The van der Waals surface area contributed by atoms with Crippen LogP contribution in [0.5, 0.6) is 0 Å². The molecule has 1 aliphatic rings. The topological polar surface area (TPSA) is 99.1 Å². The van der Waals surface area contributed by atoms with Gasteiger partial charge < -0.3 is 20.3 Å². The fraction of sp³-hybridized carbons (Fsp3) is 0.643. The van der Waals surface area contributed by atoms with E-state index >= 15 is 0 Å². The zero-order valence-electron chi connectivity index (χ0n) is 12.2. The van der Waals surface area contributed by atoms with Gasteiger partial charge in [-0.05, 0) is 32.6 Å². The molecule has 1 aliphatic carbocycles. The smallest absolute Gasteiger partial charge is 0.263 e. The van der Waals surface area contributed by atoms with E-state index < -0.39 is 0 Å². The lowest BCUT2D eigenvalue weighted by molar-refractivity contribution is 0.0313. The summed E-state index contributed by atoms with van der Waals surface area (Å²) in [7, 11) is 0. The van der Waals surface area contributed by atoms with Crippen molar-refractivity contribution in [3.05, 3.63) is 12.0 Å². The zero-order chi connectivity index (χ0) is 14.7. The third kappa shape index (κ3) is 3.30. The minimum atomic E-state index is 0.342. The molecule has 7 nitrogen and oxygen atoms in total. The van der Waals surface area contributed by atoms with Crippen LogP contribution in [-0.2, 0) is 4.74 Å². The number of ether oxygens (including phenoxy) is 1. The SMILES string of the molecule is Cc1noc2ncnc(NCCOC3CCC(N)CC3)c12. The largest absolute Gasteiger partial charge is 0.376 e. The molecular weight excluding hydrogens is 270 g/mol. The van der Waals surface area contributed by atoms with Crippen molar-refractivity contribution in [1.82, 2.24) is 15.1 Å². The van der Waals surface area contributed by atoms with Crippen molar-refractivity contribution in [2.45, 2.75) is 44.8 Å². The standard InChI is InChI=1S/C14H21N5O2/c1-9-12-13(17-8-18-14(12)21-19-9)16-6-7-20-11-4-2-10(15)3-5-11/h8,10-11H,2-7,15H2,1H3,(H,16,17,18). The van der Waals surface area contributed by atoms with E-state index in [1.165, 1.54) is 6.33 Å². The van der Waals surface area contributed by atoms with E-state index in [0.29, 0.717) is 31.0 Å². The summed E-state index contributed by atoms with van der Waals surface area (Å²) in [5.41, 5.74) is 7.18. The Balaban J connectivity index is 1.50. The molecule has 0 spiro atoms. The maximum atomic E-state index is 5.89. The van der Waals surface area contributed by atoms with Crippen LogP contribution >= 0.6 is 0 Å². The lowest BCUT2D eigenvalue weighted by Gasteiger charge is -2.26. The van der Waals surface area contributed by atoms with Gasteiger partial charge in [-0.25, -0.2) is 4.98 Å². The molecule has 0 atom stereocenters. The van der Waals surface area contributed by atoms with Crippen molar-refractivity contribution in [1.29, 1.82) is 0 Å². The molecule has 2 aromatic heterocycles. The Morgan fingerprint density at radius 2 is 2.14 bits per heavy atom. The van der Waals surface area contributed by atoms with Gasteiger partial charge >= 0.3 is 0 Å². The second-order valence-electron chi connectivity index (χ2n) is 5.50. The summed E-state index contributed by atoms with van der Waals surface area (Å²) in [6, 6.07) is 0.355. The molecule has 0 aromatic carbocycles. The number of fused-ring (bicyclic) bond motifs is 1. The summed E-state index contributed by atoms with van der Waals surface area (Å²) in [6.45, 7) is 3.22. The summed E-state index contributed by atoms with van der Waals surface area (Å²) < 4.78 is 11.0. The van der Waals surface area contributed by atoms with Crippen molar-refractivity contribution < 1.29 is 9.26 Å². The van der Waals surface area contributed by atoms with Crippen LogP contribution in [0.2, 0.25) is 0 Å². The van der Waals surface area contributed by atoms with Crippen molar-refractivity contribution in [3.8, 4) is 0 Å². The van der Waals surface area contributed by atoms with Gasteiger partial charge in [0.15, 0.2) is 0 Å². The first-order valence-electron chi connectivity index (χ1n) is 7.42. The second kappa shape index (κ2) is 6.36. The molecule has 1 fully saturated rings. The molecule has 0 radical (unpaired) electrons. The molecule has 0 unspecified atom stereocenters. The van der Waals surface area contributed by atoms with Gasteiger partial charge in [0.25, 0.3) is 5.71 Å². The number of nitrogens with two attached hydrogens (primary N) is 1. The van der Waals surface area contributed by atoms with Crippen molar-refractivity contribution in [2.75, 3.05) is 18.5 Å². The normalized spacial score (nSPS) is 22.6. The average Bonchev–Trinajstić information content (AvgIpc) is 2.88. The monoisotopic (exact) mass is 291 g/mol. The number of nitrogens with zero attached hydrogens (tertiary/aromatic N) is 3. The van der Waals surface area contributed by atoms with E-state index in [-0.39, 0.29) is 0 Å². The Kier molecular flexibility index (Phi) is 4.31. The number of aromatic nitrogens is 3. The summed E-state index contributed by atoms with van der Waals surface area (Å²) in [6.07, 6.45) is 6.05. The molecule has 3 rings (SSSR count). The highest BCUT2D eigenvalue weighted by atomic mass is 16.5. The molecule has 2 heterocycles. The van der Waals surface area contributed by atoms with Crippen LogP contribution in [0.3, 0.4) is 0 Å². The predicted molar refractivity (Wildman–Crippen MR) is 79.0 cm³/mol. The van der Waals surface area contributed by atoms with E-state index in [9.17, 15) is 0 Å². The third-order valence-electron chi connectivity index (χ3n) is 3.91. The van der Waals surface area contributed by atoms with Gasteiger partial charge in [0.2, 0.25) is 0 Å². The first-order chi connectivity index (χ1) is 10.2. The summed E-state index contributed by atoms with van der Waals surface area (Å²) in [5, 5.41) is 8.00. The molecule has 114 valence electrons. The van der Waals surface area contributed by atoms with Gasteiger partial charge in [-0.2, -0.15) is 4.98 Å². The lowest BCUT2D eigenvalue weighted by atomic mass is 9.94. The lowest BCUT2D eigenvalue weighted by Crippen LogP contribution is -2.31. The van der Waals surface area contributed by atoms with Gasteiger partial charge in [-0.1, -0.05) is 5.16 Å². The maximum Gasteiger partial charge on any atom is 0.263 e. The Labute approximate surface area is 123 Å². The average molecular weight is 291 g/mol. The van der Waals surface area contributed by atoms with Gasteiger partial charge in [0.1, 0.15) is 17.5 Å². The van der Waals surface area contributed by atoms with Crippen LogP contribution in [-0.4, -0.2) is 40.4 Å². The summed E-state index contributed by atoms with van der Waals surface area (Å²) in [4.78, 5) is 8.29. The van der Waals surface area contributed by atoms with Crippen LogP contribution in [0.4, 0.5) is 5.82 Å². The van der Waals surface area contributed by atoms with E-state index in [0.717, 1.165) is 42.6 Å². The fourth-order valence-corrected chi connectivity index (χ4v) is 2.71. The molecule has 0 saturated heterocycles. The number of hydrogen-bond donors (Lipinski definition) is 2. The number of nitrogens with one attached hydrogen (secondary N) is 1. The number of aryl methyl sites for hydroxylation is 1. The molecule has 21 heavy (non-hydrogen) atoms. The van der Waals surface area contributed by atoms with Crippen LogP contribution in [0.25, 0.3) is 11.1 Å². The number of rotatable bonds is 5. The molecule has 2 aromatic rings. The Bertz CT molecular complexity index is 592. The zero-order valence-corrected chi connectivity index (χ0v) is 12.2. The Morgan fingerprint density at radius 3 is 2.95 bits per heavy atom. The van der Waals surface area contributed by atoms with Crippen LogP contribution in [0.1, 0.15) is 31.4 Å². The summed E-state index contributed by atoms with van der Waals surface area (Å²) in [5.74, 6) is 0.744. The van der Waals surface area contributed by atoms with Gasteiger partial charge in [-0.15, -0.1) is 0 Å². The van der Waals surface area contributed by atoms with Crippen molar-refractivity contribution in [3.63, 3.8) is 0 Å². The van der Waals surface area contributed by atoms with E-state index in [1.807, 2.05) is 6.92 Å². The molecule has 0 aliphatic heterocycles. The minimum absolute atomic E-state index is 0.342. The molecular formula is C14H21N5O2. The van der Waals surface area contributed by atoms with Crippen LogP contribution < -0.4 is 11.1 Å². The van der Waals surface area contributed by atoms with E-state index in [1.54, 1.807) is 0 Å². The fourth-order valence-electron chi connectivity index (χ4n) is 2.71. The van der Waals surface area contributed by atoms with Gasteiger partial charge in [0, 0.05) is 12.6 Å². The molecule has 7 heteroatoms. The maximum absolute atomic E-state index is 5.89. The summed E-state index contributed by atoms with van der Waals surface area (Å²) >= 11 is 0. The molecule has 1 saturated carbocycles. The Morgan fingerprint density at radius 1 is 1.33 bits per heavy atom. The number of hydrogen-bond acceptors (Lipinski definition) is 7. The van der Waals surface area contributed by atoms with Crippen molar-refractivity contribution in [2.24, 2.45) is 5.73 Å². The highest BCUT2D eigenvalue weighted by molar-refractivity contribution is 5.87. The first kappa shape index (κ1) is 14.2. The van der Waals surface area contributed by atoms with Gasteiger partial charge in [0.05, 0.1) is 18.4 Å². The minimum Gasteiger partial charge on any atom is -0.376 e.